The van der Waals surface area contributed by atoms with Crippen molar-refractivity contribution in [3.05, 3.63) is 74.6 Å². The number of para-hydroxylation sites is 1. The Balaban J connectivity index is 1.60. The largest absolute Gasteiger partial charge is 0.318 e. The van der Waals surface area contributed by atoms with Crippen molar-refractivity contribution in [1.82, 2.24) is 19.1 Å². The highest BCUT2D eigenvalue weighted by Gasteiger charge is 2.26. The second-order valence-electron chi connectivity index (χ2n) is 7.01. The van der Waals surface area contributed by atoms with Crippen LogP contribution >= 0.6 is 0 Å². The lowest BCUT2D eigenvalue weighted by Gasteiger charge is -2.07. The summed E-state index contributed by atoms with van der Waals surface area (Å²) >= 11 is 0. The van der Waals surface area contributed by atoms with Gasteiger partial charge in [0, 0.05) is 19.0 Å². The van der Waals surface area contributed by atoms with Gasteiger partial charge in [-0.05, 0) is 38.0 Å². The van der Waals surface area contributed by atoms with Gasteiger partial charge in [0.15, 0.2) is 0 Å². The zero-order valence-electron chi connectivity index (χ0n) is 15.8. The second-order valence-corrected chi connectivity index (χ2v) is 7.01. The zero-order valence-corrected chi connectivity index (χ0v) is 15.8. The molecule has 0 saturated heterocycles. The molecule has 3 aromatic rings. The monoisotopic (exact) mass is 379 g/mol. The van der Waals surface area contributed by atoms with Crippen LogP contribution in [-0.2, 0) is 18.4 Å². The third-order valence-corrected chi connectivity index (χ3v) is 4.99. The standard InChI is InChI=1S/C20H21N5O3/c1-13-19(20(28)25(23(13)2)15-6-4-3-5-7-15)21-17(26)12-24-18(27)11-10-16(22-24)14-8-9-14/h3-7,10-11,14H,8-9,12H2,1-2H3,(H,21,26). The van der Waals surface area contributed by atoms with Crippen molar-refractivity contribution >= 4 is 11.6 Å². The summed E-state index contributed by atoms with van der Waals surface area (Å²) in [6.07, 6.45) is 2.11. The average molecular weight is 379 g/mol. The van der Waals surface area contributed by atoms with Gasteiger partial charge in [-0.25, -0.2) is 9.36 Å². The molecule has 0 radical (unpaired) electrons. The molecule has 1 saturated carbocycles. The molecule has 2 heterocycles. The normalized spacial score (nSPS) is 13.5. The minimum absolute atomic E-state index is 0.197. The van der Waals surface area contributed by atoms with Gasteiger partial charge in [-0.2, -0.15) is 5.10 Å². The molecule has 8 nitrogen and oxygen atoms in total. The molecule has 0 aliphatic heterocycles. The number of carbonyl (C=O) groups is 1. The van der Waals surface area contributed by atoms with Crippen LogP contribution in [0.3, 0.4) is 0 Å². The third-order valence-electron chi connectivity index (χ3n) is 4.99. The molecule has 1 aliphatic rings. The van der Waals surface area contributed by atoms with E-state index in [1.807, 2.05) is 30.3 Å². The number of rotatable bonds is 5. The van der Waals surface area contributed by atoms with Crippen LogP contribution in [-0.4, -0.2) is 25.1 Å². The van der Waals surface area contributed by atoms with Crippen molar-refractivity contribution in [3.8, 4) is 5.69 Å². The summed E-state index contributed by atoms with van der Waals surface area (Å²) in [6.45, 7) is 1.52. The fourth-order valence-corrected chi connectivity index (χ4v) is 3.20. The molecule has 1 aliphatic carbocycles. The van der Waals surface area contributed by atoms with E-state index in [0.29, 0.717) is 17.3 Å². The lowest BCUT2D eigenvalue weighted by molar-refractivity contribution is -0.117. The summed E-state index contributed by atoms with van der Waals surface area (Å²) in [5.74, 6) is -0.0853. The van der Waals surface area contributed by atoms with Gasteiger partial charge in [0.2, 0.25) is 5.91 Å². The van der Waals surface area contributed by atoms with E-state index in [9.17, 15) is 14.4 Å². The number of nitrogens with one attached hydrogen (secondary N) is 1. The zero-order chi connectivity index (χ0) is 19.8. The second kappa shape index (κ2) is 6.95. The summed E-state index contributed by atoms with van der Waals surface area (Å²) < 4.78 is 4.32. The van der Waals surface area contributed by atoms with Crippen molar-refractivity contribution in [2.45, 2.75) is 32.2 Å². The van der Waals surface area contributed by atoms with E-state index in [2.05, 4.69) is 10.4 Å². The molecule has 144 valence electrons. The van der Waals surface area contributed by atoms with Gasteiger partial charge in [0.1, 0.15) is 12.2 Å². The van der Waals surface area contributed by atoms with E-state index in [1.54, 1.807) is 24.7 Å². The van der Waals surface area contributed by atoms with Crippen molar-refractivity contribution < 1.29 is 4.79 Å². The van der Waals surface area contributed by atoms with Gasteiger partial charge in [-0.3, -0.25) is 19.1 Å². The molecule has 1 N–H and O–H groups in total. The number of amides is 1. The smallest absolute Gasteiger partial charge is 0.295 e. The highest BCUT2D eigenvalue weighted by atomic mass is 16.2. The Morgan fingerprint density at radius 2 is 1.86 bits per heavy atom. The maximum Gasteiger partial charge on any atom is 0.295 e. The first-order chi connectivity index (χ1) is 13.5. The molecule has 8 heteroatoms. The molecular weight excluding hydrogens is 358 g/mol. The minimum atomic E-state index is -0.464. The lowest BCUT2D eigenvalue weighted by Crippen LogP contribution is -2.31. The summed E-state index contributed by atoms with van der Waals surface area (Å²) in [5, 5.41) is 6.94. The molecule has 4 rings (SSSR count). The van der Waals surface area contributed by atoms with Crippen LogP contribution in [0.5, 0.6) is 0 Å². The van der Waals surface area contributed by atoms with Gasteiger partial charge in [-0.1, -0.05) is 18.2 Å². The highest BCUT2D eigenvalue weighted by Crippen LogP contribution is 2.38. The quantitative estimate of drug-likeness (QED) is 0.728. The van der Waals surface area contributed by atoms with Gasteiger partial charge < -0.3 is 5.32 Å². The fraction of sp³-hybridized carbons (Fsp3) is 0.300. The molecule has 0 spiro atoms. The molecule has 1 amide bonds. The van der Waals surface area contributed by atoms with Gasteiger partial charge in [0.25, 0.3) is 11.1 Å². The Bertz CT molecular complexity index is 1150. The average Bonchev–Trinajstić information content (AvgIpc) is 3.50. The molecule has 1 aromatic carbocycles. The van der Waals surface area contributed by atoms with E-state index < -0.39 is 5.91 Å². The van der Waals surface area contributed by atoms with E-state index in [-0.39, 0.29) is 23.4 Å². The molecule has 1 fully saturated rings. The number of nitrogens with zero attached hydrogens (tertiary/aromatic N) is 4. The minimum Gasteiger partial charge on any atom is -0.318 e. The Labute approximate surface area is 161 Å². The highest BCUT2D eigenvalue weighted by molar-refractivity contribution is 5.91. The van der Waals surface area contributed by atoms with Gasteiger partial charge in [-0.15, -0.1) is 0 Å². The topological polar surface area (TPSA) is 90.9 Å². The summed E-state index contributed by atoms with van der Waals surface area (Å²) in [6, 6.07) is 12.3. The van der Waals surface area contributed by atoms with Crippen LogP contribution in [0.25, 0.3) is 5.69 Å². The maximum absolute atomic E-state index is 12.9. The molecule has 2 aromatic heterocycles. The third kappa shape index (κ3) is 3.28. The molecular formula is C20H21N5O3. The van der Waals surface area contributed by atoms with Crippen molar-refractivity contribution in [2.24, 2.45) is 7.05 Å². The summed E-state index contributed by atoms with van der Waals surface area (Å²) in [5.41, 5.74) is 1.68. The first-order valence-corrected chi connectivity index (χ1v) is 9.17. The Hall–Kier alpha value is -3.42. The van der Waals surface area contributed by atoms with Gasteiger partial charge >= 0.3 is 0 Å². The van der Waals surface area contributed by atoms with E-state index >= 15 is 0 Å². The van der Waals surface area contributed by atoms with Crippen molar-refractivity contribution in [2.75, 3.05) is 5.32 Å². The van der Waals surface area contributed by atoms with Crippen molar-refractivity contribution in [3.63, 3.8) is 0 Å². The molecule has 28 heavy (non-hydrogen) atoms. The van der Waals surface area contributed by atoms with Crippen LogP contribution in [0.2, 0.25) is 0 Å². The maximum atomic E-state index is 12.9. The molecule has 0 atom stereocenters. The Kier molecular flexibility index (Phi) is 4.46. The molecule has 0 bridgehead atoms. The van der Waals surface area contributed by atoms with Crippen molar-refractivity contribution in [1.29, 1.82) is 0 Å². The van der Waals surface area contributed by atoms with Crippen LogP contribution in [0, 0.1) is 6.92 Å². The SMILES string of the molecule is Cc1c(NC(=O)Cn2nc(C3CC3)ccc2=O)c(=O)n(-c2ccccc2)n1C. The van der Waals surface area contributed by atoms with E-state index in [1.165, 1.54) is 10.7 Å². The van der Waals surface area contributed by atoms with Crippen LogP contribution in [0.4, 0.5) is 5.69 Å². The lowest BCUT2D eigenvalue weighted by atomic mass is 10.3. The fourth-order valence-electron chi connectivity index (χ4n) is 3.20. The predicted octanol–water partition coefficient (Wildman–Crippen LogP) is 1.56. The first-order valence-electron chi connectivity index (χ1n) is 9.17. The van der Waals surface area contributed by atoms with Gasteiger partial charge in [0.05, 0.1) is 17.1 Å². The number of carbonyl (C=O) groups excluding carboxylic acids is 1. The number of benzene rings is 1. The predicted molar refractivity (Wildman–Crippen MR) is 105 cm³/mol. The summed E-state index contributed by atoms with van der Waals surface area (Å²) in [7, 11) is 1.75. The summed E-state index contributed by atoms with van der Waals surface area (Å²) in [4.78, 5) is 37.4. The number of anilines is 1. The van der Waals surface area contributed by atoms with Crippen LogP contribution in [0.1, 0.15) is 30.1 Å². The molecule has 0 unspecified atom stereocenters. The van der Waals surface area contributed by atoms with E-state index in [0.717, 1.165) is 23.2 Å². The Morgan fingerprint density at radius 3 is 2.54 bits per heavy atom. The van der Waals surface area contributed by atoms with Crippen LogP contribution < -0.4 is 16.4 Å². The van der Waals surface area contributed by atoms with Crippen LogP contribution in [0.15, 0.2) is 52.1 Å². The first kappa shape index (κ1) is 18.0. The number of hydrogen-bond acceptors (Lipinski definition) is 4. The Morgan fingerprint density at radius 1 is 1.14 bits per heavy atom. The number of aromatic nitrogens is 4. The van der Waals surface area contributed by atoms with E-state index in [4.69, 9.17) is 0 Å². The number of hydrogen-bond donors (Lipinski definition) is 1.